The van der Waals surface area contributed by atoms with Gasteiger partial charge in [0.1, 0.15) is 0 Å². The minimum absolute atomic E-state index is 0.0376. The predicted molar refractivity (Wildman–Crippen MR) is 69.0 cm³/mol. The van der Waals surface area contributed by atoms with E-state index in [0.717, 1.165) is 24.3 Å². The monoisotopic (exact) mass is 252 g/mol. The highest BCUT2D eigenvalue weighted by molar-refractivity contribution is 7.14. The molecule has 17 heavy (non-hydrogen) atoms. The second kappa shape index (κ2) is 6.93. The SMILES string of the molecule is CCCCN(C)C(=O)c1ccc(CN=[N+]=[N-])s1. The molecule has 1 rings (SSSR count). The van der Waals surface area contributed by atoms with Crippen molar-refractivity contribution in [3.8, 4) is 0 Å². The van der Waals surface area contributed by atoms with Crippen LogP contribution in [0.3, 0.4) is 0 Å². The number of nitrogens with zero attached hydrogens (tertiary/aromatic N) is 4. The van der Waals surface area contributed by atoms with Crippen LogP contribution in [-0.4, -0.2) is 24.4 Å². The summed E-state index contributed by atoms with van der Waals surface area (Å²) < 4.78 is 0. The van der Waals surface area contributed by atoms with E-state index < -0.39 is 0 Å². The molecule has 0 aromatic carbocycles. The lowest BCUT2D eigenvalue weighted by atomic mass is 10.3. The lowest BCUT2D eigenvalue weighted by Gasteiger charge is -2.15. The second-order valence-corrected chi connectivity index (χ2v) is 4.90. The minimum Gasteiger partial charge on any atom is -0.341 e. The average Bonchev–Trinajstić information content (AvgIpc) is 2.81. The summed E-state index contributed by atoms with van der Waals surface area (Å²) in [5, 5.41) is 3.48. The van der Waals surface area contributed by atoms with Gasteiger partial charge in [0.05, 0.1) is 11.4 Å². The third kappa shape index (κ3) is 4.09. The first kappa shape index (κ1) is 13.5. The molecule has 1 aromatic rings. The normalized spacial score (nSPS) is 9.76. The van der Waals surface area contributed by atoms with Crippen molar-refractivity contribution in [2.24, 2.45) is 5.11 Å². The molecular weight excluding hydrogens is 236 g/mol. The molecular formula is C11H16N4OS. The number of carbonyl (C=O) groups is 1. The Morgan fingerprint density at radius 1 is 1.59 bits per heavy atom. The average molecular weight is 252 g/mol. The van der Waals surface area contributed by atoms with E-state index in [-0.39, 0.29) is 5.91 Å². The molecule has 0 saturated heterocycles. The first-order valence-corrected chi connectivity index (χ1v) is 6.35. The van der Waals surface area contributed by atoms with E-state index >= 15 is 0 Å². The molecule has 0 spiro atoms. The van der Waals surface area contributed by atoms with Crippen LogP contribution in [0.4, 0.5) is 0 Å². The van der Waals surface area contributed by atoms with Gasteiger partial charge in [-0.3, -0.25) is 4.79 Å². The molecule has 92 valence electrons. The number of amides is 1. The van der Waals surface area contributed by atoms with E-state index in [1.807, 2.05) is 13.1 Å². The van der Waals surface area contributed by atoms with Crippen molar-refractivity contribution in [3.63, 3.8) is 0 Å². The third-order valence-electron chi connectivity index (χ3n) is 2.36. The van der Waals surface area contributed by atoms with Crippen molar-refractivity contribution < 1.29 is 4.79 Å². The van der Waals surface area contributed by atoms with Crippen molar-refractivity contribution >= 4 is 17.2 Å². The standard InChI is InChI=1S/C11H16N4OS/c1-3-4-7-15(2)11(16)10-6-5-9(17-10)8-13-14-12/h5-6H,3-4,7-8H2,1-2H3. The van der Waals surface area contributed by atoms with E-state index in [4.69, 9.17) is 5.53 Å². The van der Waals surface area contributed by atoms with E-state index in [0.29, 0.717) is 11.4 Å². The molecule has 0 bridgehead atoms. The van der Waals surface area contributed by atoms with Crippen molar-refractivity contribution in [2.75, 3.05) is 13.6 Å². The maximum absolute atomic E-state index is 12.0. The Morgan fingerprint density at radius 2 is 2.35 bits per heavy atom. The van der Waals surface area contributed by atoms with Crippen LogP contribution >= 0.6 is 11.3 Å². The summed E-state index contributed by atoms with van der Waals surface area (Å²) >= 11 is 1.39. The fourth-order valence-electron chi connectivity index (χ4n) is 1.36. The smallest absolute Gasteiger partial charge is 0.263 e. The highest BCUT2D eigenvalue weighted by Crippen LogP contribution is 2.19. The first-order chi connectivity index (χ1) is 8.19. The highest BCUT2D eigenvalue weighted by atomic mass is 32.1. The number of rotatable bonds is 6. The van der Waals surface area contributed by atoms with Gasteiger partial charge in [0.2, 0.25) is 0 Å². The largest absolute Gasteiger partial charge is 0.341 e. The maximum Gasteiger partial charge on any atom is 0.263 e. The van der Waals surface area contributed by atoms with Crippen LogP contribution in [-0.2, 0) is 6.54 Å². The summed E-state index contributed by atoms with van der Waals surface area (Å²) in [6.07, 6.45) is 2.09. The van der Waals surface area contributed by atoms with E-state index in [1.54, 1.807) is 11.0 Å². The van der Waals surface area contributed by atoms with Crippen LogP contribution in [0.5, 0.6) is 0 Å². The van der Waals surface area contributed by atoms with Crippen LogP contribution in [0.2, 0.25) is 0 Å². The van der Waals surface area contributed by atoms with Crippen LogP contribution in [0.25, 0.3) is 10.4 Å². The maximum atomic E-state index is 12.0. The van der Waals surface area contributed by atoms with Gasteiger partial charge in [-0.05, 0) is 24.1 Å². The number of azide groups is 1. The van der Waals surface area contributed by atoms with Crippen LogP contribution in [0.1, 0.15) is 34.3 Å². The number of hydrogen-bond donors (Lipinski definition) is 0. The third-order valence-corrected chi connectivity index (χ3v) is 3.41. The van der Waals surface area contributed by atoms with Gasteiger partial charge in [-0.25, -0.2) is 0 Å². The molecule has 0 N–H and O–H groups in total. The summed E-state index contributed by atoms with van der Waals surface area (Å²) in [6.45, 7) is 3.19. The summed E-state index contributed by atoms with van der Waals surface area (Å²) in [5.41, 5.74) is 8.22. The molecule has 1 amide bonds. The number of thiophene rings is 1. The molecule has 0 aliphatic heterocycles. The zero-order chi connectivity index (χ0) is 12.7. The van der Waals surface area contributed by atoms with Crippen molar-refractivity contribution in [1.82, 2.24) is 4.90 Å². The van der Waals surface area contributed by atoms with Gasteiger partial charge in [-0.15, -0.1) is 11.3 Å². The summed E-state index contributed by atoms with van der Waals surface area (Å²) in [6, 6.07) is 3.62. The van der Waals surface area contributed by atoms with Crippen LogP contribution in [0.15, 0.2) is 17.2 Å². The quantitative estimate of drug-likeness (QED) is 0.434. The molecule has 1 aromatic heterocycles. The summed E-state index contributed by atoms with van der Waals surface area (Å²) in [4.78, 5) is 18.0. The topological polar surface area (TPSA) is 69.1 Å². The van der Waals surface area contributed by atoms with Gasteiger partial charge in [0.25, 0.3) is 5.91 Å². The predicted octanol–water partition coefficient (Wildman–Crippen LogP) is 3.43. The Hall–Kier alpha value is -1.52. The molecule has 5 nitrogen and oxygen atoms in total. The molecule has 1 heterocycles. The molecule has 0 unspecified atom stereocenters. The minimum atomic E-state index is 0.0376. The lowest BCUT2D eigenvalue weighted by Crippen LogP contribution is -2.26. The molecule has 0 aliphatic carbocycles. The molecule has 0 saturated carbocycles. The molecule has 0 radical (unpaired) electrons. The first-order valence-electron chi connectivity index (χ1n) is 5.54. The van der Waals surface area contributed by atoms with Gasteiger partial charge < -0.3 is 4.90 Å². The van der Waals surface area contributed by atoms with Crippen molar-refractivity contribution in [3.05, 3.63) is 32.3 Å². The van der Waals surface area contributed by atoms with E-state index in [9.17, 15) is 4.79 Å². The Bertz CT molecular complexity index is 423. The molecule has 0 atom stereocenters. The van der Waals surface area contributed by atoms with Gasteiger partial charge >= 0.3 is 0 Å². The summed E-state index contributed by atoms with van der Waals surface area (Å²) in [7, 11) is 1.81. The zero-order valence-electron chi connectivity index (χ0n) is 10.1. The van der Waals surface area contributed by atoms with Crippen LogP contribution in [0, 0.1) is 0 Å². The second-order valence-electron chi connectivity index (χ2n) is 3.74. The number of hydrogen-bond acceptors (Lipinski definition) is 3. The van der Waals surface area contributed by atoms with Gasteiger partial charge in [-0.1, -0.05) is 18.5 Å². The molecule has 0 aliphatic rings. The summed E-state index contributed by atoms with van der Waals surface area (Å²) in [5.74, 6) is 0.0376. The fourth-order valence-corrected chi connectivity index (χ4v) is 2.28. The van der Waals surface area contributed by atoms with Gasteiger partial charge in [0.15, 0.2) is 0 Å². The Labute approximate surface area is 105 Å². The number of carbonyl (C=O) groups excluding carboxylic acids is 1. The van der Waals surface area contributed by atoms with Crippen molar-refractivity contribution in [1.29, 1.82) is 0 Å². The van der Waals surface area contributed by atoms with Crippen molar-refractivity contribution in [2.45, 2.75) is 26.3 Å². The fraction of sp³-hybridized carbons (Fsp3) is 0.545. The van der Waals surface area contributed by atoms with E-state index in [1.165, 1.54) is 11.3 Å². The van der Waals surface area contributed by atoms with Gasteiger partial charge in [-0.2, -0.15) is 0 Å². The Kier molecular flexibility index (Phi) is 5.52. The number of unbranched alkanes of at least 4 members (excludes halogenated alkanes) is 1. The molecule has 0 fully saturated rings. The Balaban J connectivity index is 2.62. The van der Waals surface area contributed by atoms with E-state index in [2.05, 4.69) is 16.9 Å². The lowest BCUT2D eigenvalue weighted by molar-refractivity contribution is 0.0798. The van der Waals surface area contributed by atoms with Gasteiger partial charge in [0, 0.05) is 23.4 Å². The zero-order valence-corrected chi connectivity index (χ0v) is 10.9. The Morgan fingerprint density at radius 3 is 3.00 bits per heavy atom. The highest BCUT2D eigenvalue weighted by Gasteiger charge is 2.13. The van der Waals surface area contributed by atoms with Crippen LogP contribution < -0.4 is 0 Å². The molecule has 6 heteroatoms.